The van der Waals surface area contributed by atoms with E-state index >= 15 is 0 Å². The predicted octanol–water partition coefficient (Wildman–Crippen LogP) is 39.0. The second kappa shape index (κ2) is 42.3. The van der Waals surface area contributed by atoms with Crippen LogP contribution in [0, 0.1) is 56.3 Å². The molecule has 0 radical (unpaired) electrons. The maximum Gasteiger partial charge on any atom is 0.0462 e. The van der Waals surface area contributed by atoms with E-state index < -0.39 is 0 Å². The zero-order valence-corrected chi connectivity index (χ0v) is 81.9. The second-order valence-electron chi connectivity index (χ2n) is 40.6. The van der Waals surface area contributed by atoms with E-state index in [4.69, 9.17) is 0 Å². The third kappa shape index (κ3) is 19.4. The highest BCUT2D eigenvalue weighted by atomic mass is 15.1. The topological polar surface area (TPSA) is 13.0 Å². The first kappa shape index (κ1) is 99.0. The molecular weight excluding hydrogens is 1690 g/mol. The van der Waals surface area contributed by atoms with Crippen LogP contribution in [0.1, 0.15) is 197 Å². The Morgan fingerprint density at radius 3 is 0.621 bits per heavy atom. The summed E-state index contributed by atoms with van der Waals surface area (Å²) >= 11 is 0. The van der Waals surface area contributed by atoms with Crippen molar-refractivity contribution in [2.24, 2.45) is 35.5 Å². The van der Waals surface area contributed by atoms with E-state index in [2.05, 4.69) is 518 Å². The van der Waals surface area contributed by atoms with Crippen molar-refractivity contribution in [1.29, 1.82) is 0 Å². The SMILES string of the molecule is C.C.C.C.CC1=CC2c3c(-c4ccc(N(C)c5ccccc5)cc4)ccc(-c4ccc(N(c5ccccc5)c5ccc(-c6ccc(C)cc6)cc5)cc4)c3C1CC2C(C)C.CC1=CC2c3c(-c4ccccc4)ccc(-c4ccc(N(C)c5ccc(-c6ccc(C)cc6)cc5)cc4)c3C1CC2C(C)C.CC1=CC2c3c(-c4ccccc4)ccc(-c4ccc(N(C)c5ccc(C)cc5)cc4)c3C1CC2C(C)C. The van der Waals surface area contributed by atoms with Crippen molar-refractivity contribution in [2.45, 2.75) is 168 Å². The Morgan fingerprint density at radius 1 is 0.193 bits per heavy atom. The first-order valence-electron chi connectivity index (χ1n) is 49.7. The van der Waals surface area contributed by atoms with E-state index in [1.165, 1.54) is 176 Å². The van der Waals surface area contributed by atoms with E-state index in [-0.39, 0.29) is 29.7 Å². The predicted molar refractivity (Wildman–Crippen MR) is 609 cm³/mol. The Morgan fingerprint density at radius 2 is 0.371 bits per heavy atom. The van der Waals surface area contributed by atoms with Gasteiger partial charge in [0.15, 0.2) is 0 Å². The first-order valence-corrected chi connectivity index (χ1v) is 49.7. The quantitative estimate of drug-likeness (QED) is 0.0705. The molecule has 9 unspecified atom stereocenters. The third-order valence-corrected chi connectivity index (χ3v) is 31.4. The van der Waals surface area contributed by atoms with Gasteiger partial charge >= 0.3 is 0 Å². The van der Waals surface area contributed by atoms with Crippen molar-refractivity contribution in [3.63, 3.8) is 0 Å². The molecule has 0 aliphatic heterocycles. The maximum absolute atomic E-state index is 2.61. The van der Waals surface area contributed by atoms with Crippen LogP contribution in [0.4, 0.5) is 51.2 Å². The van der Waals surface area contributed by atoms with Gasteiger partial charge < -0.3 is 19.6 Å². The number of rotatable bonds is 20. The number of benzene rings is 16. The Balaban J connectivity index is 0.000000153. The summed E-state index contributed by atoms with van der Waals surface area (Å²) in [5.74, 6) is 6.76. The molecule has 9 aliphatic carbocycles. The summed E-state index contributed by atoms with van der Waals surface area (Å²) in [5.41, 5.74) is 49.6. The van der Waals surface area contributed by atoms with Gasteiger partial charge in [0.25, 0.3) is 0 Å². The van der Waals surface area contributed by atoms with Gasteiger partial charge in [0.05, 0.1) is 0 Å². The largest absolute Gasteiger partial charge is 0.345 e. The van der Waals surface area contributed by atoms with Crippen molar-refractivity contribution >= 4 is 51.2 Å². The smallest absolute Gasteiger partial charge is 0.0462 e. The number of nitrogens with zero attached hydrogens (tertiary/aromatic N) is 4. The lowest BCUT2D eigenvalue weighted by atomic mass is 9.58. The highest BCUT2D eigenvalue weighted by molar-refractivity contribution is 5.88. The monoisotopic (exact) mass is 1830 g/mol. The fourth-order valence-corrected chi connectivity index (χ4v) is 23.7. The number of anilines is 9. The number of aryl methyl sites for hydroxylation is 3. The van der Waals surface area contributed by atoms with Crippen molar-refractivity contribution < 1.29 is 0 Å². The normalized spacial score (nSPS) is 17.9. The molecular formula is C136H144N4. The van der Waals surface area contributed by atoms with Gasteiger partial charge in [-0.1, -0.05) is 390 Å². The molecule has 6 bridgehead atoms. The lowest BCUT2D eigenvalue weighted by Gasteiger charge is -2.46. The lowest BCUT2D eigenvalue weighted by Crippen LogP contribution is -2.32. The summed E-state index contributed by atoms with van der Waals surface area (Å²) in [6.45, 7) is 27.9. The fourth-order valence-electron chi connectivity index (χ4n) is 23.7. The van der Waals surface area contributed by atoms with Crippen molar-refractivity contribution in [2.75, 3.05) is 40.7 Å². The summed E-state index contributed by atoms with van der Waals surface area (Å²) in [6.07, 6.45) is 11.5. The highest BCUT2D eigenvalue weighted by Gasteiger charge is 2.47. The molecule has 16 aromatic carbocycles. The van der Waals surface area contributed by atoms with Crippen LogP contribution in [0.25, 0.3) is 89.0 Å². The minimum atomic E-state index is 0. The van der Waals surface area contributed by atoms with Gasteiger partial charge in [-0.25, -0.2) is 0 Å². The van der Waals surface area contributed by atoms with Crippen LogP contribution in [-0.4, -0.2) is 21.1 Å². The molecule has 0 saturated carbocycles. The molecule has 708 valence electrons. The van der Waals surface area contributed by atoms with Crippen LogP contribution < -0.4 is 19.6 Å². The Labute approximate surface area is 839 Å². The van der Waals surface area contributed by atoms with Crippen LogP contribution in [0.3, 0.4) is 0 Å². The summed E-state index contributed by atoms with van der Waals surface area (Å²) in [7, 11) is 6.45. The molecule has 4 heteroatoms. The summed E-state index contributed by atoms with van der Waals surface area (Å²) in [4.78, 5) is 9.16. The van der Waals surface area contributed by atoms with E-state index in [1.807, 2.05) is 0 Å². The standard InChI is InChI=1S/C54H50N2.C42H41N.C36H37N.4CH4/c1-36(2)50-35-51-38(4)34-52(50)54-49(41-22-26-44(27-23-41)55(5)43-12-8-6-9-13-43)33-32-48(53(51)54)42-24-30-47(31-25-42)56(45-14-10-7-11-15-45)46-28-20-40(21-29-46)39-18-16-37(3)17-19-39;1-27(2)38-26-39-29(4)25-40(38)42-36(32-9-7-6-8-10-32)23-24-37(41(39)42)33-17-21-35(22-18-33)43(5)34-19-15-31(16-20-34)30-13-11-28(3)12-14-30;1-23(2)32-22-33-25(4)21-34(32)36-30(26-9-7-6-8-10-26)19-20-31(35(33)36)27-13-17-29(18-14-27)37(5)28-15-11-24(3)12-16-28;;;;/h6-34,36,50-52H,35H2,1-5H3;6-25,27,38-40H,26H2,1-5H3;6-21,23,32-34H,22H2,1-5H3;4*1H4. The number of fused-ring (bicyclic) bond motifs is 3. The van der Waals surface area contributed by atoms with E-state index in [0.717, 1.165) is 17.1 Å². The van der Waals surface area contributed by atoms with Crippen LogP contribution >= 0.6 is 0 Å². The van der Waals surface area contributed by atoms with E-state index in [0.29, 0.717) is 71.0 Å². The number of para-hydroxylation sites is 2. The van der Waals surface area contributed by atoms with Crippen molar-refractivity contribution in [3.8, 4) is 89.0 Å². The lowest BCUT2D eigenvalue weighted by molar-refractivity contribution is 0.281. The molecule has 4 nitrogen and oxygen atoms in total. The average molecular weight is 1830 g/mol. The van der Waals surface area contributed by atoms with Gasteiger partial charge in [-0.2, -0.15) is 0 Å². The molecule has 140 heavy (non-hydrogen) atoms. The average Bonchev–Trinajstić information content (AvgIpc) is 0.735. The summed E-state index contributed by atoms with van der Waals surface area (Å²) in [5, 5.41) is 0. The van der Waals surface area contributed by atoms with Crippen LogP contribution in [-0.2, 0) is 0 Å². The summed E-state index contributed by atoms with van der Waals surface area (Å²) in [6, 6.07) is 139. The van der Waals surface area contributed by atoms with E-state index in [9.17, 15) is 0 Å². The van der Waals surface area contributed by atoms with Gasteiger partial charge in [0.1, 0.15) is 0 Å². The van der Waals surface area contributed by atoms with E-state index in [1.54, 1.807) is 33.4 Å². The Kier molecular flexibility index (Phi) is 29.9. The van der Waals surface area contributed by atoms with Crippen LogP contribution in [0.5, 0.6) is 0 Å². The minimum Gasteiger partial charge on any atom is -0.345 e. The van der Waals surface area contributed by atoms with Gasteiger partial charge in [-0.15, -0.1) is 0 Å². The maximum atomic E-state index is 2.61. The molecule has 0 N–H and O–H groups in total. The van der Waals surface area contributed by atoms with Crippen LogP contribution in [0.2, 0.25) is 0 Å². The molecule has 0 aromatic heterocycles. The molecule has 0 saturated heterocycles. The molecule has 0 heterocycles. The third-order valence-electron chi connectivity index (χ3n) is 31.4. The Hall–Kier alpha value is -14.1. The second-order valence-corrected chi connectivity index (χ2v) is 40.6. The van der Waals surface area contributed by atoms with Gasteiger partial charge in [0.2, 0.25) is 0 Å². The highest BCUT2D eigenvalue weighted by Crippen LogP contribution is 2.63. The molecule has 16 aromatic rings. The zero-order chi connectivity index (χ0) is 93.7. The molecule has 0 amide bonds. The Bertz CT molecular complexity index is 7030. The molecule has 9 atom stereocenters. The van der Waals surface area contributed by atoms with Crippen LogP contribution in [0.15, 0.2) is 411 Å². The number of allylic oxidation sites excluding steroid dienone is 6. The molecule has 0 fully saturated rings. The first-order chi connectivity index (χ1) is 66.1. The summed E-state index contributed by atoms with van der Waals surface area (Å²) < 4.78 is 0. The zero-order valence-electron chi connectivity index (χ0n) is 81.9. The van der Waals surface area contributed by atoms with Gasteiger partial charge in [-0.05, 0) is 328 Å². The van der Waals surface area contributed by atoms with Crippen molar-refractivity contribution in [3.05, 3.63) is 461 Å². The fraction of sp³-hybridized carbons (Fsp3) is 0.250. The molecule has 9 aliphatic rings. The number of hydrogen-bond donors (Lipinski definition) is 0. The van der Waals surface area contributed by atoms with Gasteiger partial charge in [0, 0.05) is 108 Å². The molecule has 0 spiro atoms. The van der Waals surface area contributed by atoms with Gasteiger partial charge in [-0.3, -0.25) is 0 Å². The minimum absolute atomic E-state index is 0. The number of hydrogen-bond acceptors (Lipinski definition) is 4. The van der Waals surface area contributed by atoms with Crippen molar-refractivity contribution in [1.82, 2.24) is 0 Å². The molecule has 25 rings (SSSR count).